The first-order valence-electron chi connectivity index (χ1n) is 6.78. The summed E-state index contributed by atoms with van der Waals surface area (Å²) in [4.78, 5) is 12.1. The predicted molar refractivity (Wildman–Crippen MR) is 80.6 cm³/mol. The fraction of sp³-hybridized carbons (Fsp3) is 0.333. The molecule has 0 saturated carbocycles. The Bertz CT molecular complexity index is 590. The summed E-state index contributed by atoms with van der Waals surface area (Å²) in [6.45, 7) is 4.60. The van der Waals surface area contributed by atoms with Crippen LogP contribution >= 0.6 is 11.6 Å². The van der Waals surface area contributed by atoms with Gasteiger partial charge in [0.25, 0.3) is 5.91 Å². The molecule has 5 heteroatoms. The molecule has 1 heterocycles. The summed E-state index contributed by atoms with van der Waals surface area (Å²) >= 11 is 5.90. The largest absolute Gasteiger partial charge is 0.352 e. The lowest BCUT2D eigenvalue weighted by molar-refractivity contribution is 0.0955. The number of nitrogens with one attached hydrogen (secondary N) is 1. The molecule has 1 aromatic heterocycles. The van der Waals surface area contributed by atoms with Gasteiger partial charge in [-0.25, -0.2) is 4.68 Å². The molecule has 0 aliphatic heterocycles. The molecule has 0 spiro atoms. The predicted octanol–water partition coefficient (Wildman–Crippen LogP) is 3.23. The van der Waals surface area contributed by atoms with Crippen LogP contribution in [0.5, 0.6) is 0 Å². The molecule has 2 aromatic rings. The van der Waals surface area contributed by atoms with Crippen molar-refractivity contribution in [2.24, 2.45) is 0 Å². The summed E-state index contributed by atoms with van der Waals surface area (Å²) in [7, 11) is 0. The average Bonchev–Trinajstić information content (AvgIpc) is 2.84. The fourth-order valence-corrected chi connectivity index (χ4v) is 2.23. The van der Waals surface area contributed by atoms with Crippen molar-refractivity contribution in [3.05, 3.63) is 46.7 Å². The molecule has 4 nitrogen and oxygen atoms in total. The normalized spacial score (nSPS) is 10.6. The van der Waals surface area contributed by atoms with Crippen molar-refractivity contribution >= 4 is 17.5 Å². The first kappa shape index (κ1) is 14.6. The number of carbonyl (C=O) groups excluding carboxylic acids is 1. The average molecular weight is 292 g/mol. The maximum atomic E-state index is 12.1. The molecule has 20 heavy (non-hydrogen) atoms. The van der Waals surface area contributed by atoms with Crippen molar-refractivity contribution in [2.45, 2.75) is 26.7 Å². The van der Waals surface area contributed by atoms with E-state index in [2.05, 4.69) is 17.3 Å². The second kappa shape index (κ2) is 6.57. The van der Waals surface area contributed by atoms with Gasteiger partial charge in [0.15, 0.2) is 0 Å². The number of hydrogen-bond acceptors (Lipinski definition) is 2. The molecule has 1 aromatic carbocycles. The smallest absolute Gasteiger partial charge is 0.254 e. The summed E-state index contributed by atoms with van der Waals surface area (Å²) in [5.41, 5.74) is 2.48. The topological polar surface area (TPSA) is 46.9 Å². The SMILES string of the molecule is CCCc1c(C(=O)NCC)cnn1-c1ccc(Cl)cc1. The Morgan fingerprint density at radius 3 is 2.60 bits per heavy atom. The van der Waals surface area contributed by atoms with E-state index >= 15 is 0 Å². The molecule has 0 aliphatic carbocycles. The Morgan fingerprint density at radius 2 is 2.00 bits per heavy atom. The molecule has 106 valence electrons. The summed E-state index contributed by atoms with van der Waals surface area (Å²) in [6, 6.07) is 7.44. The van der Waals surface area contributed by atoms with Gasteiger partial charge in [-0.15, -0.1) is 0 Å². The van der Waals surface area contributed by atoms with Gasteiger partial charge in [0.05, 0.1) is 23.1 Å². The van der Waals surface area contributed by atoms with Crippen LogP contribution in [-0.4, -0.2) is 22.2 Å². The van der Waals surface area contributed by atoms with Crippen molar-refractivity contribution in [2.75, 3.05) is 6.54 Å². The van der Waals surface area contributed by atoms with E-state index in [1.165, 1.54) is 0 Å². The molecular weight excluding hydrogens is 274 g/mol. The third-order valence-electron chi connectivity index (χ3n) is 3.01. The molecular formula is C15H18ClN3O. The summed E-state index contributed by atoms with van der Waals surface area (Å²) < 4.78 is 1.81. The number of hydrogen-bond donors (Lipinski definition) is 1. The van der Waals surface area contributed by atoms with Gasteiger partial charge in [0.1, 0.15) is 0 Å². The maximum absolute atomic E-state index is 12.1. The van der Waals surface area contributed by atoms with Crippen molar-refractivity contribution < 1.29 is 4.79 Å². The zero-order chi connectivity index (χ0) is 14.5. The van der Waals surface area contributed by atoms with Crippen LogP contribution in [0.25, 0.3) is 5.69 Å². The molecule has 0 atom stereocenters. The molecule has 1 N–H and O–H groups in total. The van der Waals surface area contributed by atoms with Crippen molar-refractivity contribution in [3.8, 4) is 5.69 Å². The Labute approximate surface area is 123 Å². The lowest BCUT2D eigenvalue weighted by Gasteiger charge is -2.09. The lowest BCUT2D eigenvalue weighted by Crippen LogP contribution is -2.23. The van der Waals surface area contributed by atoms with E-state index in [-0.39, 0.29) is 5.91 Å². The minimum absolute atomic E-state index is 0.0730. The minimum atomic E-state index is -0.0730. The molecule has 0 fully saturated rings. The van der Waals surface area contributed by atoms with Gasteiger partial charge in [-0.1, -0.05) is 24.9 Å². The van der Waals surface area contributed by atoms with Crippen LogP contribution in [0.2, 0.25) is 5.02 Å². The van der Waals surface area contributed by atoms with Crippen molar-refractivity contribution in [3.63, 3.8) is 0 Å². The number of halogens is 1. The van der Waals surface area contributed by atoms with Crippen LogP contribution in [0.1, 0.15) is 36.3 Å². The van der Waals surface area contributed by atoms with Crippen molar-refractivity contribution in [1.82, 2.24) is 15.1 Å². The second-order valence-electron chi connectivity index (χ2n) is 4.50. The van der Waals surface area contributed by atoms with Gasteiger partial charge < -0.3 is 5.32 Å². The summed E-state index contributed by atoms with van der Waals surface area (Å²) in [6.07, 6.45) is 3.38. The highest BCUT2D eigenvalue weighted by atomic mass is 35.5. The molecule has 1 amide bonds. The highest BCUT2D eigenvalue weighted by Crippen LogP contribution is 2.18. The van der Waals surface area contributed by atoms with Crippen LogP contribution in [0.15, 0.2) is 30.5 Å². The van der Waals surface area contributed by atoms with E-state index in [4.69, 9.17) is 11.6 Å². The van der Waals surface area contributed by atoms with E-state index in [9.17, 15) is 4.79 Å². The maximum Gasteiger partial charge on any atom is 0.254 e. The third-order valence-corrected chi connectivity index (χ3v) is 3.26. The molecule has 2 rings (SSSR count). The molecule has 0 radical (unpaired) electrons. The van der Waals surface area contributed by atoms with E-state index < -0.39 is 0 Å². The highest BCUT2D eigenvalue weighted by molar-refractivity contribution is 6.30. The van der Waals surface area contributed by atoms with Crippen LogP contribution in [0, 0.1) is 0 Å². The second-order valence-corrected chi connectivity index (χ2v) is 4.94. The fourth-order valence-electron chi connectivity index (χ4n) is 2.10. The Hall–Kier alpha value is -1.81. The van der Waals surface area contributed by atoms with E-state index in [0.29, 0.717) is 17.1 Å². The van der Waals surface area contributed by atoms with Crippen LogP contribution in [0.4, 0.5) is 0 Å². The van der Waals surface area contributed by atoms with Gasteiger partial charge in [0.2, 0.25) is 0 Å². The zero-order valence-corrected chi connectivity index (χ0v) is 12.4. The van der Waals surface area contributed by atoms with Gasteiger partial charge in [0, 0.05) is 11.6 Å². The zero-order valence-electron chi connectivity index (χ0n) is 11.7. The lowest BCUT2D eigenvalue weighted by atomic mass is 10.1. The Kier molecular flexibility index (Phi) is 4.79. The minimum Gasteiger partial charge on any atom is -0.352 e. The third kappa shape index (κ3) is 3.02. The van der Waals surface area contributed by atoms with E-state index in [1.807, 2.05) is 35.9 Å². The van der Waals surface area contributed by atoms with E-state index in [1.54, 1.807) is 6.20 Å². The van der Waals surface area contributed by atoms with Crippen LogP contribution in [0.3, 0.4) is 0 Å². The first-order valence-corrected chi connectivity index (χ1v) is 7.16. The number of nitrogens with zero attached hydrogens (tertiary/aromatic N) is 2. The molecule has 0 unspecified atom stereocenters. The first-order chi connectivity index (χ1) is 9.67. The Morgan fingerprint density at radius 1 is 1.30 bits per heavy atom. The molecule has 0 saturated heterocycles. The number of amides is 1. The Balaban J connectivity index is 2.43. The van der Waals surface area contributed by atoms with Gasteiger partial charge in [-0.05, 0) is 37.6 Å². The summed E-state index contributed by atoms with van der Waals surface area (Å²) in [5, 5.41) is 7.85. The number of benzene rings is 1. The summed E-state index contributed by atoms with van der Waals surface area (Å²) in [5.74, 6) is -0.0730. The van der Waals surface area contributed by atoms with Crippen LogP contribution < -0.4 is 5.32 Å². The standard InChI is InChI=1S/C15H18ClN3O/c1-3-5-14-13(15(20)17-4-2)10-18-19(14)12-8-6-11(16)7-9-12/h6-10H,3-5H2,1-2H3,(H,17,20). The van der Waals surface area contributed by atoms with E-state index in [0.717, 1.165) is 24.2 Å². The van der Waals surface area contributed by atoms with Gasteiger partial charge in [-0.3, -0.25) is 4.79 Å². The van der Waals surface area contributed by atoms with Crippen LogP contribution in [-0.2, 0) is 6.42 Å². The van der Waals surface area contributed by atoms with Gasteiger partial charge >= 0.3 is 0 Å². The van der Waals surface area contributed by atoms with Gasteiger partial charge in [-0.2, -0.15) is 5.10 Å². The highest BCUT2D eigenvalue weighted by Gasteiger charge is 2.17. The molecule has 0 aliphatic rings. The quantitative estimate of drug-likeness (QED) is 0.919. The monoisotopic (exact) mass is 291 g/mol. The number of carbonyl (C=O) groups is 1. The molecule has 0 bridgehead atoms. The van der Waals surface area contributed by atoms with Crippen molar-refractivity contribution in [1.29, 1.82) is 0 Å². The number of rotatable bonds is 5. The number of aromatic nitrogens is 2.